The molecule has 2 amide bonds. The molecule has 0 bridgehead atoms. The molecule has 0 radical (unpaired) electrons. The van der Waals surface area contributed by atoms with E-state index in [4.69, 9.17) is 0 Å². The molecular formula is C17H25N3O2. The van der Waals surface area contributed by atoms with E-state index in [0.29, 0.717) is 5.56 Å². The van der Waals surface area contributed by atoms with Gasteiger partial charge in [0, 0.05) is 25.2 Å². The number of benzene rings is 1. The zero-order chi connectivity index (χ0) is 15.9. The second-order valence-electron chi connectivity index (χ2n) is 5.67. The SMILES string of the molecule is CCN1CCCN(C(=O)C(C)NC(=O)c2ccccc2)CC1. The first-order chi connectivity index (χ1) is 10.6. The number of hydrogen-bond acceptors (Lipinski definition) is 3. The highest BCUT2D eigenvalue weighted by molar-refractivity contribution is 5.97. The largest absolute Gasteiger partial charge is 0.341 e. The summed E-state index contributed by atoms with van der Waals surface area (Å²) in [4.78, 5) is 28.8. The van der Waals surface area contributed by atoms with E-state index in [1.807, 2.05) is 23.1 Å². The minimum absolute atomic E-state index is 0.00207. The Morgan fingerprint density at radius 1 is 1.14 bits per heavy atom. The van der Waals surface area contributed by atoms with Crippen LogP contribution in [0, 0.1) is 0 Å². The van der Waals surface area contributed by atoms with Crippen LogP contribution in [-0.4, -0.2) is 60.4 Å². The third-order valence-corrected chi connectivity index (χ3v) is 4.10. The summed E-state index contributed by atoms with van der Waals surface area (Å²) in [6.45, 7) is 8.35. The van der Waals surface area contributed by atoms with Gasteiger partial charge in [-0.25, -0.2) is 0 Å². The van der Waals surface area contributed by atoms with E-state index >= 15 is 0 Å². The van der Waals surface area contributed by atoms with Gasteiger partial charge < -0.3 is 15.1 Å². The zero-order valence-electron chi connectivity index (χ0n) is 13.4. The molecule has 0 aliphatic carbocycles. The fraction of sp³-hybridized carbons (Fsp3) is 0.529. The molecule has 120 valence electrons. The van der Waals surface area contributed by atoms with E-state index in [2.05, 4.69) is 17.1 Å². The molecule has 1 fully saturated rings. The van der Waals surface area contributed by atoms with E-state index in [9.17, 15) is 9.59 Å². The maximum Gasteiger partial charge on any atom is 0.251 e. The average Bonchev–Trinajstić information content (AvgIpc) is 2.80. The molecule has 1 unspecified atom stereocenters. The lowest BCUT2D eigenvalue weighted by atomic mass is 10.2. The maximum atomic E-state index is 12.5. The smallest absolute Gasteiger partial charge is 0.251 e. The van der Waals surface area contributed by atoms with Crippen molar-refractivity contribution in [2.75, 3.05) is 32.7 Å². The number of hydrogen-bond donors (Lipinski definition) is 1. The van der Waals surface area contributed by atoms with Crippen LogP contribution in [-0.2, 0) is 4.79 Å². The van der Waals surface area contributed by atoms with Gasteiger partial charge in [-0.3, -0.25) is 9.59 Å². The molecule has 1 heterocycles. The summed E-state index contributed by atoms with van der Waals surface area (Å²) >= 11 is 0. The summed E-state index contributed by atoms with van der Waals surface area (Å²) in [5, 5.41) is 2.80. The Bertz CT molecular complexity index is 504. The van der Waals surface area contributed by atoms with Crippen molar-refractivity contribution in [1.29, 1.82) is 0 Å². The van der Waals surface area contributed by atoms with E-state index in [1.54, 1.807) is 19.1 Å². The van der Waals surface area contributed by atoms with Crippen LogP contribution in [0.15, 0.2) is 30.3 Å². The Morgan fingerprint density at radius 3 is 2.55 bits per heavy atom. The van der Waals surface area contributed by atoms with Crippen molar-refractivity contribution in [3.05, 3.63) is 35.9 Å². The number of nitrogens with zero attached hydrogens (tertiary/aromatic N) is 2. The molecule has 1 aliphatic rings. The summed E-state index contributed by atoms with van der Waals surface area (Å²) in [5.41, 5.74) is 0.579. The maximum absolute atomic E-state index is 12.5. The molecule has 1 aromatic rings. The quantitative estimate of drug-likeness (QED) is 0.914. The highest BCUT2D eigenvalue weighted by Crippen LogP contribution is 2.06. The fourth-order valence-electron chi connectivity index (χ4n) is 2.71. The molecule has 0 saturated carbocycles. The lowest BCUT2D eigenvalue weighted by Gasteiger charge is -2.25. The van der Waals surface area contributed by atoms with Gasteiger partial charge in [-0.15, -0.1) is 0 Å². The summed E-state index contributed by atoms with van der Waals surface area (Å²) in [6.07, 6.45) is 0.985. The number of rotatable bonds is 4. The number of amides is 2. The Labute approximate surface area is 132 Å². The number of carbonyl (C=O) groups is 2. The van der Waals surface area contributed by atoms with Gasteiger partial charge in [-0.1, -0.05) is 25.1 Å². The topological polar surface area (TPSA) is 52.6 Å². The van der Waals surface area contributed by atoms with Gasteiger partial charge >= 0.3 is 0 Å². The van der Waals surface area contributed by atoms with E-state index in [0.717, 1.165) is 39.1 Å². The molecule has 0 aromatic heterocycles. The van der Waals surface area contributed by atoms with Gasteiger partial charge in [0.2, 0.25) is 5.91 Å². The monoisotopic (exact) mass is 303 g/mol. The Hall–Kier alpha value is -1.88. The van der Waals surface area contributed by atoms with Gasteiger partial charge in [0.25, 0.3) is 5.91 Å². The lowest BCUT2D eigenvalue weighted by molar-refractivity contribution is -0.132. The first-order valence-corrected chi connectivity index (χ1v) is 7.99. The van der Waals surface area contributed by atoms with Crippen molar-refractivity contribution in [3.8, 4) is 0 Å². The Balaban J connectivity index is 1.90. The minimum atomic E-state index is -0.499. The molecule has 1 atom stereocenters. The highest BCUT2D eigenvalue weighted by atomic mass is 16.2. The van der Waals surface area contributed by atoms with Crippen LogP contribution in [0.1, 0.15) is 30.6 Å². The summed E-state index contributed by atoms with van der Waals surface area (Å²) < 4.78 is 0. The molecule has 2 rings (SSSR count). The molecule has 22 heavy (non-hydrogen) atoms. The van der Waals surface area contributed by atoms with Crippen molar-refractivity contribution in [2.45, 2.75) is 26.3 Å². The van der Waals surface area contributed by atoms with Crippen molar-refractivity contribution in [2.24, 2.45) is 0 Å². The predicted molar refractivity (Wildman–Crippen MR) is 86.7 cm³/mol. The highest BCUT2D eigenvalue weighted by Gasteiger charge is 2.24. The molecular weight excluding hydrogens is 278 g/mol. The van der Waals surface area contributed by atoms with E-state index < -0.39 is 6.04 Å². The van der Waals surface area contributed by atoms with Crippen molar-refractivity contribution in [1.82, 2.24) is 15.1 Å². The number of carbonyl (C=O) groups excluding carboxylic acids is 2. The Kier molecular flexibility index (Phi) is 5.95. The number of likely N-dealkylation sites (N-methyl/N-ethyl adjacent to an activating group) is 1. The normalized spacial score (nSPS) is 17.6. The van der Waals surface area contributed by atoms with Crippen molar-refractivity contribution in [3.63, 3.8) is 0 Å². The minimum Gasteiger partial charge on any atom is -0.341 e. The van der Waals surface area contributed by atoms with Gasteiger partial charge in [-0.05, 0) is 38.6 Å². The standard InChI is InChI=1S/C17H25N3O2/c1-3-19-10-7-11-20(13-12-19)17(22)14(2)18-16(21)15-8-5-4-6-9-15/h4-6,8-9,14H,3,7,10-13H2,1-2H3,(H,18,21). The molecule has 1 saturated heterocycles. The zero-order valence-corrected chi connectivity index (χ0v) is 13.4. The second-order valence-corrected chi connectivity index (χ2v) is 5.67. The van der Waals surface area contributed by atoms with E-state index in [1.165, 1.54) is 0 Å². The van der Waals surface area contributed by atoms with Crippen LogP contribution in [0.5, 0.6) is 0 Å². The summed E-state index contributed by atoms with van der Waals surface area (Å²) in [5.74, 6) is -0.200. The molecule has 0 spiro atoms. The lowest BCUT2D eigenvalue weighted by Crippen LogP contribution is -2.48. The molecule has 1 aliphatic heterocycles. The van der Waals surface area contributed by atoms with Gasteiger partial charge in [0.1, 0.15) is 6.04 Å². The first-order valence-electron chi connectivity index (χ1n) is 7.99. The third-order valence-electron chi connectivity index (χ3n) is 4.10. The molecule has 1 N–H and O–H groups in total. The fourth-order valence-corrected chi connectivity index (χ4v) is 2.71. The second kappa shape index (κ2) is 7.94. The summed E-state index contributed by atoms with van der Waals surface area (Å²) in [7, 11) is 0. The Morgan fingerprint density at radius 2 is 1.86 bits per heavy atom. The molecule has 5 heteroatoms. The van der Waals surface area contributed by atoms with Gasteiger partial charge in [0.15, 0.2) is 0 Å². The third kappa shape index (κ3) is 4.31. The van der Waals surface area contributed by atoms with Crippen LogP contribution < -0.4 is 5.32 Å². The van der Waals surface area contributed by atoms with Crippen LogP contribution >= 0.6 is 0 Å². The summed E-state index contributed by atoms with van der Waals surface area (Å²) in [6, 6.07) is 8.49. The van der Waals surface area contributed by atoms with Crippen LogP contribution in [0.4, 0.5) is 0 Å². The van der Waals surface area contributed by atoms with Crippen LogP contribution in [0.25, 0.3) is 0 Å². The van der Waals surface area contributed by atoms with Gasteiger partial charge in [-0.2, -0.15) is 0 Å². The molecule has 5 nitrogen and oxygen atoms in total. The van der Waals surface area contributed by atoms with Crippen LogP contribution in [0.3, 0.4) is 0 Å². The van der Waals surface area contributed by atoms with Gasteiger partial charge in [0.05, 0.1) is 0 Å². The number of nitrogens with one attached hydrogen (secondary N) is 1. The average molecular weight is 303 g/mol. The van der Waals surface area contributed by atoms with Crippen molar-refractivity contribution < 1.29 is 9.59 Å². The van der Waals surface area contributed by atoms with Crippen LogP contribution in [0.2, 0.25) is 0 Å². The van der Waals surface area contributed by atoms with Crippen molar-refractivity contribution >= 4 is 11.8 Å². The predicted octanol–water partition coefficient (Wildman–Crippen LogP) is 1.36. The van der Waals surface area contributed by atoms with E-state index in [-0.39, 0.29) is 11.8 Å². The first kappa shape index (κ1) is 16.5. The molecule has 1 aromatic carbocycles.